The molecule has 1 aromatic heterocycles. The molecule has 5 heteroatoms. The molecule has 1 amide bonds. The number of hydrogen-bond acceptors (Lipinski definition) is 4. The van der Waals surface area contributed by atoms with E-state index in [1.165, 1.54) is 5.56 Å². The summed E-state index contributed by atoms with van der Waals surface area (Å²) in [5.74, 6) is 0. The maximum absolute atomic E-state index is 12.1. The number of ether oxygens (including phenoxy) is 1. The van der Waals surface area contributed by atoms with Crippen molar-refractivity contribution in [1.82, 2.24) is 10.3 Å². The van der Waals surface area contributed by atoms with E-state index in [4.69, 9.17) is 4.74 Å². The van der Waals surface area contributed by atoms with Gasteiger partial charge in [0, 0.05) is 24.8 Å². The number of benzene rings is 1. The summed E-state index contributed by atoms with van der Waals surface area (Å²) in [6.45, 7) is 6.53. The predicted octanol–water partition coefficient (Wildman–Crippen LogP) is 4.92. The van der Waals surface area contributed by atoms with Crippen LogP contribution >= 0.6 is 0 Å². The molecule has 1 aliphatic carbocycles. The summed E-state index contributed by atoms with van der Waals surface area (Å²) in [6.07, 6.45) is 7.40. The van der Waals surface area contributed by atoms with E-state index < -0.39 is 5.60 Å². The zero-order valence-corrected chi connectivity index (χ0v) is 17.1. The molecular formula is C23H31N3O2. The zero-order chi connectivity index (χ0) is 20.0. The Bertz CT molecular complexity index is 735. The van der Waals surface area contributed by atoms with Crippen LogP contribution in [0, 0.1) is 0 Å². The highest BCUT2D eigenvalue weighted by Gasteiger charge is 2.28. The molecule has 1 saturated carbocycles. The molecule has 1 N–H and O–H groups in total. The highest BCUT2D eigenvalue weighted by atomic mass is 16.6. The Labute approximate surface area is 168 Å². The van der Waals surface area contributed by atoms with E-state index >= 15 is 0 Å². The largest absolute Gasteiger partial charge is 0.444 e. The normalized spacial score (nSPS) is 19.7. The molecule has 0 atom stereocenters. The fourth-order valence-corrected chi connectivity index (χ4v) is 3.74. The summed E-state index contributed by atoms with van der Waals surface area (Å²) in [7, 11) is 0. The topological polar surface area (TPSA) is 54.5 Å². The fourth-order valence-electron chi connectivity index (χ4n) is 3.74. The molecule has 0 saturated heterocycles. The van der Waals surface area contributed by atoms with Crippen LogP contribution in [-0.2, 0) is 11.3 Å². The molecule has 150 valence electrons. The monoisotopic (exact) mass is 381 g/mol. The first kappa shape index (κ1) is 20.2. The molecule has 0 radical (unpaired) electrons. The number of aromatic nitrogens is 1. The summed E-state index contributed by atoms with van der Waals surface area (Å²) in [5.41, 5.74) is 1.98. The van der Waals surface area contributed by atoms with Crippen molar-refractivity contribution in [2.45, 2.75) is 70.7 Å². The Balaban J connectivity index is 1.62. The highest BCUT2D eigenvalue weighted by molar-refractivity contribution is 5.68. The van der Waals surface area contributed by atoms with Crippen molar-refractivity contribution < 1.29 is 9.53 Å². The van der Waals surface area contributed by atoms with E-state index in [-0.39, 0.29) is 12.1 Å². The molecule has 5 nitrogen and oxygen atoms in total. The first-order valence-corrected chi connectivity index (χ1v) is 10.1. The van der Waals surface area contributed by atoms with Gasteiger partial charge in [0.1, 0.15) is 5.60 Å². The molecule has 0 bridgehead atoms. The van der Waals surface area contributed by atoms with Gasteiger partial charge in [-0.25, -0.2) is 4.79 Å². The summed E-state index contributed by atoms with van der Waals surface area (Å²) < 4.78 is 5.39. The third-order valence-corrected chi connectivity index (χ3v) is 5.03. The molecule has 1 aromatic carbocycles. The Hall–Kier alpha value is -2.56. The molecule has 1 aliphatic rings. The second kappa shape index (κ2) is 9.09. The van der Waals surface area contributed by atoms with Gasteiger partial charge < -0.3 is 15.0 Å². The fraction of sp³-hybridized carbons (Fsp3) is 0.478. The number of anilines is 1. The van der Waals surface area contributed by atoms with Crippen LogP contribution in [0.4, 0.5) is 10.5 Å². The van der Waals surface area contributed by atoms with Gasteiger partial charge in [0.2, 0.25) is 0 Å². The SMILES string of the molecule is CC(C)(C)OC(=O)NC1CCC(N(Cc2ccccc2)c2cccnc2)CC1. The Kier molecular flexibility index (Phi) is 6.55. The quantitative estimate of drug-likeness (QED) is 0.798. The van der Waals surface area contributed by atoms with E-state index in [1.54, 1.807) is 0 Å². The van der Waals surface area contributed by atoms with E-state index in [9.17, 15) is 4.79 Å². The maximum atomic E-state index is 12.1. The van der Waals surface area contributed by atoms with E-state index in [0.29, 0.717) is 6.04 Å². The van der Waals surface area contributed by atoms with Crippen LogP contribution in [0.15, 0.2) is 54.9 Å². The smallest absolute Gasteiger partial charge is 0.407 e. The number of carbonyl (C=O) groups excluding carboxylic acids is 1. The van der Waals surface area contributed by atoms with Crippen molar-refractivity contribution in [2.24, 2.45) is 0 Å². The second-order valence-electron chi connectivity index (χ2n) is 8.48. The summed E-state index contributed by atoms with van der Waals surface area (Å²) >= 11 is 0. The Morgan fingerprint density at radius 2 is 1.82 bits per heavy atom. The van der Waals surface area contributed by atoms with Gasteiger partial charge in [0.15, 0.2) is 0 Å². The lowest BCUT2D eigenvalue weighted by molar-refractivity contribution is 0.0491. The van der Waals surface area contributed by atoms with Gasteiger partial charge in [-0.1, -0.05) is 30.3 Å². The van der Waals surface area contributed by atoms with Crippen molar-refractivity contribution in [2.75, 3.05) is 4.90 Å². The standard InChI is InChI=1S/C23H31N3O2/c1-23(2,3)28-22(27)25-19-11-13-20(14-12-19)26(21-10-7-15-24-16-21)17-18-8-5-4-6-9-18/h4-10,15-16,19-20H,11-14,17H2,1-3H3,(H,25,27). The maximum Gasteiger partial charge on any atom is 0.407 e. The molecular weight excluding hydrogens is 350 g/mol. The van der Waals surface area contributed by atoms with Gasteiger partial charge in [0.05, 0.1) is 11.9 Å². The van der Waals surface area contributed by atoms with E-state index in [2.05, 4.69) is 45.5 Å². The van der Waals surface area contributed by atoms with Crippen LogP contribution in [0.5, 0.6) is 0 Å². The first-order valence-electron chi connectivity index (χ1n) is 10.1. The van der Waals surface area contributed by atoms with Gasteiger partial charge in [0.25, 0.3) is 0 Å². The lowest BCUT2D eigenvalue weighted by Crippen LogP contribution is -2.45. The molecule has 0 unspecified atom stereocenters. The van der Waals surface area contributed by atoms with Gasteiger partial charge >= 0.3 is 6.09 Å². The number of nitrogens with zero attached hydrogens (tertiary/aromatic N) is 2. The number of alkyl carbamates (subject to hydrolysis) is 1. The van der Waals surface area contributed by atoms with Crippen LogP contribution in [0.3, 0.4) is 0 Å². The number of carbonyl (C=O) groups is 1. The molecule has 28 heavy (non-hydrogen) atoms. The zero-order valence-electron chi connectivity index (χ0n) is 17.1. The minimum atomic E-state index is -0.464. The van der Waals surface area contributed by atoms with E-state index in [1.807, 2.05) is 45.3 Å². The van der Waals surface area contributed by atoms with E-state index in [0.717, 1.165) is 37.9 Å². The molecule has 1 fully saturated rings. The van der Waals surface area contributed by atoms with Crippen molar-refractivity contribution in [1.29, 1.82) is 0 Å². The van der Waals surface area contributed by atoms with Gasteiger partial charge in [-0.15, -0.1) is 0 Å². The molecule has 1 heterocycles. The Morgan fingerprint density at radius 3 is 2.43 bits per heavy atom. The summed E-state index contributed by atoms with van der Waals surface area (Å²) in [4.78, 5) is 18.8. The van der Waals surface area contributed by atoms with Crippen molar-refractivity contribution in [3.05, 3.63) is 60.4 Å². The van der Waals surface area contributed by atoms with Crippen LogP contribution in [0.2, 0.25) is 0 Å². The van der Waals surface area contributed by atoms with Crippen molar-refractivity contribution >= 4 is 11.8 Å². The highest BCUT2D eigenvalue weighted by Crippen LogP contribution is 2.29. The third kappa shape index (κ3) is 5.98. The van der Waals surface area contributed by atoms with Crippen molar-refractivity contribution in [3.63, 3.8) is 0 Å². The molecule has 0 aliphatic heterocycles. The minimum Gasteiger partial charge on any atom is -0.444 e. The number of amides is 1. The van der Waals surface area contributed by atoms with Gasteiger partial charge in [-0.2, -0.15) is 0 Å². The number of pyridine rings is 1. The molecule has 0 spiro atoms. The van der Waals surface area contributed by atoms with Crippen LogP contribution in [0.25, 0.3) is 0 Å². The number of hydrogen-bond donors (Lipinski definition) is 1. The van der Waals surface area contributed by atoms with Crippen molar-refractivity contribution in [3.8, 4) is 0 Å². The van der Waals surface area contributed by atoms with Crippen LogP contribution < -0.4 is 10.2 Å². The Morgan fingerprint density at radius 1 is 1.11 bits per heavy atom. The average molecular weight is 382 g/mol. The van der Waals surface area contributed by atoms with Crippen LogP contribution in [0.1, 0.15) is 52.0 Å². The molecule has 3 rings (SSSR count). The minimum absolute atomic E-state index is 0.179. The lowest BCUT2D eigenvalue weighted by atomic mass is 9.89. The third-order valence-electron chi connectivity index (χ3n) is 5.03. The number of nitrogens with one attached hydrogen (secondary N) is 1. The summed E-state index contributed by atoms with van der Waals surface area (Å²) in [5, 5.41) is 3.03. The number of rotatable bonds is 5. The van der Waals surface area contributed by atoms with Crippen LogP contribution in [-0.4, -0.2) is 28.8 Å². The first-order chi connectivity index (χ1) is 13.4. The van der Waals surface area contributed by atoms with Gasteiger partial charge in [-0.05, 0) is 64.2 Å². The van der Waals surface area contributed by atoms with Gasteiger partial charge in [-0.3, -0.25) is 4.98 Å². The predicted molar refractivity (Wildman–Crippen MR) is 112 cm³/mol. The average Bonchev–Trinajstić information content (AvgIpc) is 2.67. The molecule has 2 aromatic rings. The second-order valence-corrected chi connectivity index (χ2v) is 8.48. The summed E-state index contributed by atoms with van der Waals surface area (Å²) in [6, 6.07) is 15.3. The lowest BCUT2D eigenvalue weighted by Gasteiger charge is -2.38.